The van der Waals surface area contributed by atoms with Crippen molar-refractivity contribution in [1.82, 2.24) is 19.6 Å². The van der Waals surface area contributed by atoms with Crippen LogP contribution in [0.15, 0.2) is 65.8 Å². The Balaban J connectivity index is 1.09. The van der Waals surface area contributed by atoms with Crippen molar-refractivity contribution in [3.63, 3.8) is 0 Å². The molecule has 1 saturated carbocycles. The Morgan fingerprint density at radius 2 is 1.57 bits per heavy atom. The number of fused-ring (bicyclic) bond motifs is 1. The minimum absolute atomic E-state index is 0.0304. The summed E-state index contributed by atoms with van der Waals surface area (Å²) in [7, 11) is -3.57. The van der Waals surface area contributed by atoms with Crippen LogP contribution >= 0.6 is 0 Å². The molecule has 2 aromatic carbocycles. The topological polar surface area (TPSA) is 95.5 Å². The summed E-state index contributed by atoms with van der Waals surface area (Å²) in [5.74, 6) is 1.23. The third-order valence-electron chi connectivity index (χ3n) is 7.22. The molecule has 1 N–H and O–H groups in total. The zero-order chi connectivity index (χ0) is 24.3. The lowest BCUT2D eigenvalue weighted by molar-refractivity contribution is -0.137. The Kier molecular flexibility index (Phi) is 6.97. The first kappa shape index (κ1) is 23.7. The van der Waals surface area contributed by atoms with E-state index in [1.807, 2.05) is 35.2 Å². The third kappa shape index (κ3) is 5.46. The zero-order valence-corrected chi connectivity index (χ0v) is 20.5. The maximum Gasteiger partial charge on any atom is 0.240 e. The molecule has 0 radical (unpaired) electrons. The van der Waals surface area contributed by atoms with Crippen molar-refractivity contribution in [2.75, 3.05) is 37.6 Å². The number of rotatable bonds is 6. The minimum atomic E-state index is -3.57. The van der Waals surface area contributed by atoms with E-state index >= 15 is 0 Å². The van der Waals surface area contributed by atoms with Crippen LogP contribution in [0.5, 0.6) is 0 Å². The number of anilines is 1. The fraction of sp³-hybridized carbons (Fsp3) is 0.423. The predicted molar refractivity (Wildman–Crippen MR) is 135 cm³/mol. The number of sulfonamides is 1. The van der Waals surface area contributed by atoms with Crippen molar-refractivity contribution in [1.29, 1.82) is 0 Å². The van der Waals surface area contributed by atoms with Gasteiger partial charge in [0.15, 0.2) is 0 Å². The number of carbonyl (C=O) groups is 1. The number of nitrogens with one attached hydrogen (secondary N) is 1. The average molecular weight is 494 g/mol. The second kappa shape index (κ2) is 10.3. The highest BCUT2D eigenvalue weighted by Crippen LogP contribution is 2.30. The predicted octanol–water partition coefficient (Wildman–Crippen LogP) is 3.06. The lowest BCUT2D eigenvalue weighted by Gasteiger charge is -2.37. The van der Waals surface area contributed by atoms with Crippen LogP contribution in [-0.2, 0) is 14.8 Å². The lowest BCUT2D eigenvalue weighted by atomic mass is 9.81. The first-order valence-electron chi connectivity index (χ1n) is 12.3. The van der Waals surface area contributed by atoms with Gasteiger partial charge in [0.05, 0.1) is 4.90 Å². The fourth-order valence-corrected chi connectivity index (χ4v) is 6.25. The summed E-state index contributed by atoms with van der Waals surface area (Å²) in [6.07, 6.45) is 6.80. The fourth-order valence-electron chi connectivity index (χ4n) is 5.10. The van der Waals surface area contributed by atoms with Crippen LogP contribution in [0.4, 0.5) is 5.95 Å². The second-order valence-electron chi connectivity index (χ2n) is 9.44. The molecule has 184 valence electrons. The summed E-state index contributed by atoms with van der Waals surface area (Å²) in [5, 5.41) is 1.93. The van der Waals surface area contributed by atoms with Crippen molar-refractivity contribution in [2.45, 2.75) is 30.6 Å². The van der Waals surface area contributed by atoms with Crippen LogP contribution in [-0.4, -0.2) is 61.9 Å². The molecule has 2 aliphatic rings. The summed E-state index contributed by atoms with van der Waals surface area (Å²) in [6.45, 7) is 3.25. The van der Waals surface area contributed by atoms with Gasteiger partial charge in [-0.3, -0.25) is 4.79 Å². The van der Waals surface area contributed by atoms with Crippen LogP contribution < -0.4 is 9.62 Å². The highest BCUT2D eigenvalue weighted by atomic mass is 32.2. The Morgan fingerprint density at radius 3 is 2.29 bits per heavy atom. The molecule has 2 heterocycles. The minimum Gasteiger partial charge on any atom is -0.339 e. The summed E-state index contributed by atoms with van der Waals surface area (Å²) in [6, 6.07) is 14.7. The average Bonchev–Trinajstić information content (AvgIpc) is 2.92. The van der Waals surface area contributed by atoms with E-state index in [0.717, 1.165) is 49.5 Å². The smallest absolute Gasteiger partial charge is 0.240 e. The van der Waals surface area contributed by atoms with Crippen LogP contribution in [0.25, 0.3) is 10.8 Å². The van der Waals surface area contributed by atoms with Gasteiger partial charge in [0.2, 0.25) is 21.9 Å². The van der Waals surface area contributed by atoms with Crippen LogP contribution in [0, 0.1) is 11.8 Å². The molecule has 8 nitrogen and oxygen atoms in total. The first-order valence-corrected chi connectivity index (χ1v) is 13.8. The zero-order valence-electron chi connectivity index (χ0n) is 19.7. The van der Waals surface area contributed by atoms with E-state index < -0.39 is 10.0 Å². The molecule has 35 heavy (non-hydrogen) atoms. The number of hydrogen-bond acceptors (Lipinski definition) is 6. The van der Waals surface area contributed by atoms with Crippen molar-refractivity contribution < 1.29 is 13.2 Å². The number of benzene rings is 2. The number of nitrogens with zero attached hydrogens (tertiary/aromatic N) is 4. The molecule has 1 aliphatic carbocycles. The SMILES string of the molecule is O=C(C1CCC(CNS(=O)(=O)c2ccc3ccccc3c2)CC1)N1CCN(c2ncccn2)CC1. The Bertz CT molecular complexity index is 1270. The second-order valence-corrected chi connectivity index (χ2v) is 11.2. The molecular weight excluding hydrogens is 462 g/mol. The lowest BCUT2D eigenvalue weighted by Crippen LogP contribution is -2.51. The monoisotopic (exact) mass is 493 g/mol. The van der Waals surface area contributed by atoms with Gasteiger partial charge in [-0.2, -0.15) is 0 Å². The van der Waals surface area contributed by atoms with Gasteiger partial charge in [0.1, 0.15) is 0 Å². The van der Waals surface area contributed by atoms with Crippen LogP contribution in [0.1, 0.15) is 25.7 Å². The van der Waals surface area contributed by atoms with Gasteiger partial charge in [-0.25, -0.2) is 23.1 Å². The Labute approximate surface area is 206 Å². The molecule has 0 atom stereocenters. The summed E-state index contributed by atoms with van der Waals surface area (Å²) < 4.78 is 28.5. The quantitative estimate of drug-likeness (QED) is 0.567. The maximum absolute atomic E-state index is 13.1. The van der Waals surface area contributed by atoms with E-state index in [2.05, 4.69) is 19.6 Å². The molecular formula is C26H31N5O3S. The molecule has 3 aromatic rings. The molecule has 0 bridgehead atoms. The maximum atomic E-state index is 13.1. The van der Waals surface area contributed by atoms with Crippen molar-refractivity contribution in [2.24, 2.45) is 11.8 Å². The molecule has 9 heteroatoms. The van der Waals surface area contributed by atoms with E-state index in [4.69, 9.17) is 0 Å². The first-order chi connectivity index (χ1) is 17.0. The Hall–Kier alpha value is -3.04. The summed E-state index contributed by atoms with van der Waals surface area (Å²) in [5.41, 5.74) is 0. The van der Waals surface area contributed by atoms with Crippen LogP contribution in [0.3, 0.4) is 0 Å². The molecule has 2 fully saturated rings. The number of amides is 1. The van der Waals surface area contributed by atoms with Crippen LogP contribution in [0.2, 0.25) is 0 Å². The molecule has 1 aliphatic heterocycles. The highest BCUT2D eigenvalue weighted by Gasteiger charge is 2.32. The standard InChI is InChI=1S/C26H31N5O3S/c32-25(30-14-16-31(17-15-30)26-27-12-3-13-28-26)22-8-6-20(7-9-22)19-29-35(33,34)24-11-10-21-4-1-2-5-23(21)18-24/h1-5,10-13,18,20,22,29H,6-9,14-17,19H2. The molecule has 1 aromatic heterocycles. The number of piperazine rings is 1. The van der Waals surface area contributed by atoms with Crippen molar-refractivity contribution in [3.8, 4) is 0 Å². The molecule has 0 unspecified atom stereocenters. The molecule has 1 amide bonds. The Morgan fingerprint density at radius 1 is 0.886 bits per heavy atom. The number of aromatic nitrogens is 2. The van der Waals surface area contributed by atoms with Gasteiger partial charge >= 0.3 is 0 Å². The number of hydrogen-bond donors (Lipinski definition) is 1. The van der Waals surface area contributed by atoms with Gasteiger partial charge in [0, 0.05) is 51.0 Å². The van der Waals surface area contributed by atoms with E-state index in [1.54, 1.807) is 30.6 Å². The van der Waals surface area contributed by atoms with Gasteiger partial charge in [-0.1, -0.05) is 30.3 Å². The van der Waals surface area contributed by atoms with Crippen molar-refractivity contribution in [3.05, 3.63) is 60.9 Å². The molecule has 0 spiro atoms. The summed E-state index contributed by atoms with van der Waals surface area (Å²) >= 11 is 0. The third-order valence-corrected chi connectivity index (χ3v) is 8.64. The normalized spacial score (nSPS) is 21.3. The highest BCUT2D eigenvalue weighted by molar-refractivity contribution is 7.89. The van der Waals surface area contributed by atoms with E-state index in [9.17, 15) is 13.2 Å². The van der Waals surface area contributed by atoms with Gasteiger partial charge in [-0.15, -0.1) is 0 Å². The van der Waals surface area contributed by atoms with Gasteiger partial charge < -0.3 is 9.80 Å². The largest absolute Gasteiger partial charge is 0.339 e. The van der Waals surface area contributed by atoms with Crippen molar-refractivity contribution >= 4 is 32.7 Å². The van der Waals surface area contributed by atoms with Gasteiger partial charge in [0.25, 0.3) is 0 Å². The van der Waals surface area contributed by atoms with E-state index in [-0.39, 0.29) is 17.7 Å². The summed E-state index contributed by atoms with van der Waals surface area (Å²) in [4.78, 5) is 26.0. The molecule has 1 saturated heterocycles. The van der Waals surface area contributed by atoms with E-state index in [1.165, 1.54) is 0 Å². The number of carbonyl (C=O) groups excluding carboxylic acids is 1. The molecule has 5 rings (SSSR count). The van der Waals surface area contributed by atoms with E-state index in [0.29, 0.717) is 30.5 Å². The van der Waals surface area contributed by atoms with Gasteiger partial charge in [-0.05, 0) is 60.6 Å².